The number of hydrogen-bond acceptors (Lipinski definition) is 4. The van der Waals surface area contributed by atoms with Crippen LogP contribution >= 0.6 is 0 Å². The van der Waals surface area contributed by atoms with Crippen molar-refractivity contribution in [2.75, 3.05) is 6.61 Å². The maximum atomic E-state index is 13.0. The number of carbonyl (C=O) groups is 3. The third kappa shape index (κ3) is 6.54. The Balaban J connectivity index is 1.87. The van der Waals surface area contributed by atoms with Crippen LogP contribution in [0.1, 0.15) is 57.3 Å². The zero-order valence-electron chi connectivity index (χ0n) is 17.5. The van der Waals surface area contributed by atoms with Crippen LogP contribution in [0.5, 0.6) is 0 Å². The van der Waals surface area contributed by atoms with E-state index >= 15 is 0 Å². The third-order valence-corrected chi connectivity index (χ3v) is 5.71. The van der Waals surface area contributed by atoms with Crippen molar-refractivity contribution in [3.63, 3.8) is 0 Å². The smallest absolute Gasteiger partial charge is 0.329 e. The Morgan fingerprint density at radius 1 is 1.14 bits per heavy atom. The van der Waals surface area contributed by atoms with Gasteiger partial charge in [0.2, 0.25) is 0 Å². The van der Waals surface area contributed by atoms with E-state index in [1.165, 1.54) is 24.3 Å². The zero-order valence-corrected chi connectivity index (χ0v) is 17.5. The number of rotatable bonds is 7. The van der Waals surface area contributed by atoms with Crippen LogP contribution in [0.2, 0.25) is 0 Å². The van der Waals surface area contributed by atoms with Gasteiger partial charge in [0.1, 0.15) is 11.9 Å². The molecule has 7 heteroatoms. The number of ether oxygens (including phenoxy) is 1. The molecule has 6 nitrogen and oxygen atoms in total. The minimum absolute atomic E-state index is 0.0871. The first kappa shape index (κ1) is 22.8. The summed E-state index contributed by atoms with van der Waals surface area (Å²) >= 11 is 0. The van der Waals surface area contributed by atoms with Crippen LogP contribution < -0.4 is 10.6 Å². The normalized spacial score (nSPS) is 22.6. The zero-order chi connectivity index (χ0) is 21.6. The molecule has 1 aliphatic rings. The van der Waals surface area contributed by atoms with E-state index in [0.29, 0.717) is 11.8 Å². The Morgan fingerprint density at radius 2 is 1.79 bits per heavy atom. The van der Waals surface area contributed by atoms with Crippen LogP contribution in [-0.2, 0) is 14.3 Å². The summed E-state index contributed by atoms with van der Waals surface area (Å²) in [5.41, 5.74) is 0.239. The number of amides is 2. The quantitative estimate of drug-likeness (QED) is 0.682. The summed E-state index contributed by atoms with van der Waals surface area (Å²) in [6, 6.07) is 4.21. The van der Waals surface area contributed by atoms with Crippen LogP contribution in [0.15, 0.2) is 24.3 Å². The van der Waals surface area contributed by atoms with E-state index in [4.69, 9.17) is 4.74 Å². The van der Waals surface area contributed by atoms with E-state index in [1.807, 2.05) is 0 Å². The maximum absolute atomic E-state index is 13.0. The second-order valence-corrected chi connectivity index (χ2v) is 8.25. The molecule has 0 radical (unpaired) electrons. The molecule has 1 aliphatic carbocycles. The number of benzene rings is 1. The molecule has 1 aromatic rings. The van der Waals surface area contributed by atoms with Gasteiger partial charge in [-0.2, -0.15) is 0 Å². The standard InChI is InChI=1S/C22H31FN2O4/c1-13(2)20(25-21(27)16-8-10-17(23)11-9-16)22(28)29-12-19(26)24-18-7-5-6-14(3)15(18)4/h8-11,13-15,18,20H,5-7,12H2,1-4H3,(H,24,26)(H,25,27)/t14-,15+,18-,20-/m0/s1. The van der Waals surface area contributed by atoms with Crippen molar-refractivity contribution in [1.29, 1.82) is 0 Å². The molecule has 0 spiro atoms. The minimum atomic E-state index is -0.908. The average Bonchev–Trinajstić information content (AvgIpc) is 2.68. The summed E-state index contributed by atoms with van der Waals surface area (Å²) < 4.78 is 18.2. The molecule has 4 atom stereocenters. The summed E-state index contributed by atoms with van der Waals surface area (Å²) in [6.45, 7) is 7.46. The van der Waals surface area contributed by atoms with Gasteiger partial charge in [-0.1, -0.05) is 40.5 Å². The fourth-order valence-corrected chi connectivity index (χ4v) is 3.58. The summed E-state index contributed by atoms with van der Waals surface area (Å²) in [7, 11) is 0. The summed E-state index contributed by atoms with van der Waals surface area (Å²) in [6.07, 6.45) is 3.15. The molecule has 0 bridgehead atoms. The lowest BCUT2D eigenvalue weighted by atomic mass is 9.78. The summed E-state index contributed by atoms with van der Waals surface area (Å²) in [5.74, 6) is -1.28. The molecule has 2 N–H and O–H groups in total. The van der Waals surface area contributed by atoms with Gasteiger partial charge in [0, 0.05) is 11.6 Å². The lowest BCUT2D eigenvalue weighted by Crippen LogP contribution is -2.48. The maximum Gasteiger partial charge on any atom is 0.329 e. The Hall–Kier alpha value is -2.44. The first-order chi connectivity index (χ1) is 13.7. The van der Waals surface area contributed by atoms with Gasteiger partial charge in [-0.05, 0) is 48.4 Å². The minimum Gasteiger partial charge on any atom is -0.454 e. The van der Waals surface area contributed by atoms with Crippen LogP contribution in [0, 0.1) is 23.6 Å². The summed E-state index contributed by atoms with van der Waals surface area (Å²) in [5, 5.41) is 5.56. The van der Waals surface area contributed by atoms with Gasteiger partial charge < -0.3 is 15.4 Å². The van der Waals surface area contributed by atoms with E-state index in [2.05, 4.69) is 24.5 Å². The van der Waals surface area contributed by atoms with Gasteiger partial charge in [0.25, 0.3) is 11.8 Å². The molecule has 0 heterocycles. The van der Waals surface area contributed by atoms with Gasteiger partial charge in [0.05, 0.1) is 0 Å². The van der Waals surface area contributed by atoms with Crippen molar-refractivity contribution in [3.05, 3.63) is 35.6 Å². The number of esters is 1. The highest BCUT2D eigenvalue weighted by Gasteiger charge is 2.30. The van der Waals surface area contributed by atoms with Crippen molar-refractivity contribution >= 4 is 17.8 Å². The third-order valence-electron chi connectivity index (χ3n) is 5.71. The number of carbonyl (C=O) groups excluding carboxylic acids is 3. The Morgan fingerprint density at radius 3 is 2.41 bits per heavy atom. The fraction of sp³-hybridized carbons (Fsp3) is 0.591. The predicted molar refractivity (Wildman–Crippen MR) is 108 cm³/mol. The highest BCUT2D eigenvalue weighted by molar-refractivity contribution is 5.97. The summed E-state index contributed by atoms with van der Waals surface area (Å²) in [4.78, 5) is 37.0. The molecule has 0 unspecified atom stereocenters. The molecule has 160 valence electrons. The number of hydrogen-bond donors (Lipinski definition) is 2. The van der Waals surface area contributed by atoms with Crippen molar-refractivity contribution < 1.29 is 23.5 Å². The largest absolute Gasteiger partial charge is 0.454 e. The van der Waals surface area contributed by atoms with Crippen molar-refractivity contribution in [1.82, 2.24) is 10.6 Å². The first-order valence-electron chi connectivity index (χ1n) is 10.2. The molecular weight excluding hydrogens is 375 g/mol. The topological polar surface area (TPSA) is 84.5 Å². The van der Waals surface area contributed by atoms with Crippen LogP contribution in [-0.4, -0.2) is 36.5 Å². The van der Waals surface area contributed by atoms with E-state index in [-0.39, 0.29) is 30.0 Å². The molecule has 1 saturated carbocycles. The van der Waals surface area contributed by atoms with E-state index in [9.17, 15) is 18.8 Å². The monoisotopic (exact) mass is 406 g/mol. The predicted octanol–water partition coefficient (Wildman–Crippen LogP) is 3.06. The van der Waals surface area contributed by atoms with Crippen LogP contribution in [0.25, 0.3) is 0 Å². The Bertz CT molecular complexity index is 720. The lowest BCUT2D eigenvalue weighted by Gasteiger charge is -2.34. The first-order valence-corrected chi connectivity index (χ1v) is 10.2. The molecule has 2 amide bonds. The fourth-order valence-electron chi connectivity index (χ4n) is 3.58. The molecule has 0 aromatic heterocycles. The van der Waals surface area contributed by atoms with Gasteiger partial charge in [-0.25, -0.2) is 9.18 Å². The van der Waals surface area contributed by atoms with E-state index in [0.717, 1.165) is 19.3 Å². The second-order valence-electron chi connectivity index (χ2n) is 8.25. The van der Waals surface area contributed by atoms with Crippen molar-refractivity contribution in [2.24, 2.45) is 17.8 Å². The Kier molecular flexibility index (Phi) is 8.17. The van der Waals surface area contributed by atoms with Crippen molar-refractivity contribution in [3.8, 4) is 0 Å². The molecular formula is C22H31FN2O4. The highest BCUT2D eigenvalue weighted by Crippen LogP contribution is 2.29. The molecule has 29 heavy (non-hydrogen) atoms. The van der Waals surface area contributed by atoms with E-state index < -0.39 is 23.7 Å². The van der Waals surface area contributed by atoms with Crippen LogP contribution in [0.4, 0.5) is 4.39 Å². The molecule has 1 aromatic carbocycles. The van der Waals surface area contributed by atoms with Gasteiger partial charge in [-0.3, -0.25) is 9.59 Å². The van der Waals surface area contributed by atoms with Crippen LogP contribution in [0.3, 0.4) is 0 Å². The number of nitrogens with one attached hydrogen (secondary N) is 2. The molecule has 2 rings (SSSR count). The second kappa shape index (κ2) is 10.4. The SMILES string of the molecule is CC(C)[C@H](NC(=O)c1ccc(F)cc1)C(=O)OCC(=O)N[C@H]1CCC[C@H](C)[C@H]1C. The Labute approximate surface area is 171 Å². The van der Waals surface area contributed by atoms with Gasteiger partial charge in [-0.15, -0.1) is 0 Å². The molecule has 0 aliphatic heterocycles. The molecule has 1 fully saturated rings. The van der Waals surface area contributed by atoms with Gasteiger partial charge >= 0.3 is 5.97 Å². The van der Waals surface area contributed by atoms with E-state index in [1.54, 1.807) is 13.8 Å². The average molecular weight is 406 g/mol. The molecule has 0 saturated heterocycles. The van der Waals surface area contributed by atoms with Crippen molar-refractivity contribution in [2.45, 2.75) is 59.0 Å². The lowest BCUT2D eigenvalue weighted by molar-refractivity contribution is -0.151. The van der Waals surface area contributed by atoms with Gasteiger partial charge in [0.15, 0.2) is 6.61 Å². The number of halogens is 1. The highest BCUT2D eigenvalue weighted by atomic mass is 19.1.